The maximum Gasteiger partial charge on any atom is 0.417 e. The summed E-state index contributed by atoms with van der Waals surface area (Å²) in [6.45, 7) is 2.86. The summed E-state index contributed by atoms with van der Waals surface area (Å²) >= 11 is 5.67. The van der Waals surface area contributed by atoms with Crippen molar-refractivity contribution < 1.29 is 27.5 Å². The van der Waals surface area contributed by atoms with Crippen molar-refractivity contribution >= 4 is 45.8 Å². The second kappa shape index (κ2) is 11.6. The number of alkyl halides is 3. The van der Waals surface area contributed by atoms with Crippen LogP contribution in [-0.4, -0.2) is 59.9 Å². The van der Waals surface area contributed by atoms with Gasteiger partial charge in [-0.15, -0.1) is 0 Å². The van der Waals surface area contributed by atoms with Gasteiger partial charge in [0.2, 0.25) is 0 Å². The fourth-order valence-corrected chi connectivity index (χ4v) is 4.56. The molecule has 3 aromatic carbocycles. The van der Waals surface area contributed by atoms with Gasteiger partial charge in [-0.3, -0.25) is 10.1 Å². The first-order chi connectivity index (χ1) is 19.5. The molecule has 2 heterocycles. The van der Waals surface area contributed by atoms with Crippen LogP contribution in [0, 0.1) is 0 Å². The van der Waals surface area contributed by atoms with Gasteiger partial charge in [-0.2, -0.15) is 13.2 Å². The number of rotatable bonds is 5. The number of hydrogen-bond donors (Lipinski definition) is 2. The standard InChI is InChI=1S/C29H25ClF3N5O3/c1-37-10-12-38(13-11-37)28(40)36-26-17-23(8-9-34-26)41-22-6-4-18-2-3-19(14-20(18)15-22)27(39)35-21-5-7-25(30)24(16-21)29(31,32)33/h2-9,14-17H,10-13H2,1H3,(H,35,39)(H,34,36,40). The lowest BCUT2D eigenvalue weighted by Crippen LogP contribution is -2.48. The maximum absolute atomic E-state index is 13.2. The van der Waals surface area contributed by atoms with Gasteiger partial charge in [-0.25, -0.2) is 9.78 Å². The minimum Gasteiger partial charge on any atom is -0.457 e. The van der Waals surface area contributed by atoms with Crippen LogP contribution < -0.4 is 15.4 Å². The summed E-state index contributed by atoms with van der Waals surface area (Å²) in [6, 6.07) is 16.5. The van der Waals surface area contributed by atoms with Crippen molar-refractivity contribution in [1.29, 1.82) is 0 Å². The number of urea groups is 1. The Bertz CT molecular complexity index is 1610. The van der Waals surface area contributed by atoms with Crippen molar-refractivity contribution in [3.63, 3.8) is 0 Å². The van der Waals surface area contributed by atoms with Crippen molar-refractivity contribution in [3.8, 4) is 11.5 Å². The summed E-state index contributed by atoms with van der Waals surface area (Å²) in [5.74, 6) is 0.695. The van der Waals surface area contributed by atoms with Crippen LogP contribution >= 0.6 is 11.6 Å². The zero-order valence-corrected chi connectivity index (χ0v) is 22.6. The molecule has 1 fully saturated rings. The number of likely N-dealkylation sites (N-methyl/N-ethyl adjacent to an activating group) is 1. The molecule has 0 atom stereocenters. The molecule has 0 bridgehead atoms. The fraction of sp³-hybridized carbons (Fsp3) is 0.207. The molecule has 5 rings (SSSR count). The molecule has 41 heavy (non-hydrogen) atoms. The fourth-order valence-electron chi connectivity index (χ4n) is 4.33. The average molecular weight is 584 g/mol. The van der Waals surface area contributed by atoms with E-state index in [4.69, 9.17) is 16.3 Å². The number of nitrogens with one attached hydrogen (secondary N) is 2. The first-order valence-electron chi connectivity index (χ1n) is 12.7. The first-order valence-corrected chi connectivity index (χ1v) is 13.0. The van der Waals surface area contributed by atoms with E-state index in [1.54, 1.807) is 47.4 Å². The van der Waals surface area contributed by atoms with Gasteiger partial charge in [0.05, 0.1) is 10.6 Å². The van der Waals surface area contributed by atoms with E-state index in [1.807, 2.05) is 13.1 Å². The number of benzene rings is 3. The number of fused-ring (bicyclic) bond motifs is 1. The number of carbonyl (C=O) groups is 2. The molecule has 0 saturated carbocycles. The van der Waals surface area contributed by atoms with Crippen LogP contribution in [0.15, 0.2) is 72.9 Å². The van der Waals surface area contributed by atoms with E-state index >= 15 is 0 Å². The zero-order valence-electron chi connectivity index (χ0n) is 21.8. The monoisotopic (exact) mass is 583 g/mol. The minimum absolute atomic E-state index is 0.0305. The summed E-state index contributed by atoms with van der Waals surface area (Å²) in [5, 5.41) is 6.35. The Hall–Kier alpha value is -4.35. The Kier molecular flexibility index (Phi) is 8.00. The van der Waals surface area contributed by atoms with E-state index < -0.39 is 22.7 Å². The Balaban J connectivity index is 1.28. The molecule has 0 radical (unpaired) electrons. The van der Waals surface area contributed by atoms with E-state index in [1.165, 1.54) is 12.3 Å². The number of aromatic nitrogens is 1. The number of piperazine rings is 1. The molecule has 4 aromatic rings. The molecule has 0 unspecified atom stereocenters. The molecule has 1 aromatic heterocycles. The van der Waals surface area contributed by atoms with Gasteiger partial charge < -0.3 is 19.9 Å². The third kappa shape index (κ3) is 6.87. The predicted molar refractivity (Wildman–Crippen MR) is 151 cm³/mol. The van der Waals surface area contributed by atoms with Crippen LogP contribution in [-0.2, 0) is 6.18 Å². The molecular formula is C29H25ClF3N5O3. The highest BCUT2D eigenvalue weighted by Crippen LogP contribution is 2.36. The second-order valence-corrected chi connectivity index (χ2v) is 9.98. The lowest BCUT2D eigenvalue weighted by Gasteiger charge is -2.32. The highest BCUT2D eigenvalue weighted by molar-refractivity contribution is 6.31. The molecule has 212 valence electrons. The van der Waals surface area contributed by atoms with Crippen molar-refractivity contribution in [1.82, 2.24) is 14.8 Å². The smallest absolute Gasteiger partial charge is 0.417 e. The summed E-state index contributed by atoms with van der Waals surface area (Å²) < 4.78 is 45.6. The van der Waals surface area contributed by atoms with Crippen LogP contribution in [0.25, 0.3) is 10.8 Å². The molecule has 0 spiro atoms. The minimum atomic E-state index is -4.65. The largest absolute Gasteiger partial charge is 0.457 e. The third-order valence-electron chi connectivity index (χ3n) is 6.60. The van der Waals surface area contributed by atoms with E-state index in [-0.39, 0.29) is 17.3 Å². The van der Waals surface area contributed by atoms with Gasteiger partial charge in [0.15, 0.2) is 0 Å². The van der Waals surface area contributed by atoms with E-state index in [0.29, 0.717) is 35.8 Å². The summed E-state index contributed by atoms with van der Waals surface area (Å²) in [4.78, 5) is 33.5. The lowest BCUT2D eigenvalue weighted by molar-refractivity contribution is -0.137. The summed E-state index contributed by atoms with van der Waals surface area (Å²) in [5.41, 5.74) is -0.816. The molecule has 2 N–H and O–H groups in total. The molecule has 8 nitrogen and oxygen atoms in total. The number of hydrogen-bond acceptors (Lipinski definition) is 5. The Morgan fingerprint density at radius 1 is 0.878 bits per heavy atom. The highest BCUT2D eigenvalue weighted by Gasteiger charge is 2.33. The molecule has 1 saturated heterocycles. The van der Waals surface area contributed by atoms with E-state index in [0.717, 1.165) is 30.6 Å². The topological polar surface area (TPSA) is 86.8 Å². The number of carbonyl (C=O) groups excluding carboxylic acids is 2. The van der Waals surface area contributed by atoms with Crippen molar-refractivity contribution in [2.45, 2.75) is 6.18 Å². The molecule has 12 heteroatoms. The van der Waals surface area contributed by atoms with Crippen LogP contribution in [0.3, 0.4) is 0 Å². The molecule has 1 aliphatic rings. The number of ether oxygens (including phenoxy) is 1. The van der Waals surface area contributed by atoms with E-state index in [2.05, 4.69) is 20.5 Å². The number of pyridine rings is 1. The maximum atomic E-state index is 13.2. The average Bonchev–Trinajstić information content (AvgIpc) is 2.93. The van der Waals surface area contributed by atoms with Crippen LogP contribution in [0.5, 0.6) is 11.5 Å². The number of amides is 3. The first kappa shape index (κ1) is 28.2. The van der Waals surface area contributed by atoms with Crippen molar-refractivity contribution in [2.24, 2.45) is 0 Å². The van der Waals surface area contributed by atoms with Gasteiger partial charge >= 0.3 is 12.2 Å². The number of nitrogens with zero attached hydrogens (tertiary/aromatic N) is 3. The predicted octanol–water partition coefficient (Wildman–Crippen LogP) is 6.73. The third-order valence-corrected chi connectivity index (χ3v) is 6.93. The number of halogens is 4. The quantitative estimate of drug-likeness (QED) is 0.272. The SMILES string of the molecule is CN1CCN(C(=O)Nc2cc(Oc3ccc4ccc(C(=O)Nc5ccc(Cl)c(C(F)(F)F)c5)cc4c3)ccn2)CC1. The molecule has 1 aliphatic heterocycles. The van der Waals surface area contributed by atoms with Gasteiger partial charge in [-0.05, 0) is 66.4 Å². The van der Waals surface area contributed by atoms with Gasteiger partial charge in [0.25, 0.3) is 5.91 Å². The van der Waals surface area contributed by atoms with Crippen LogP contribution in [0.4, 0.5) is 29.5 Å². The molecular weight excluding hydrogens is 559 g/mol. The van der Waals surface area contributed by atoms with Crippen molar-refractivity contribution in [2.75, 3.05) is 43.9 Å². The Morgan fingerprint density at radius 3 is 2.37 bits per heavy atom. The van der Waals surface area contributed by atoms with Crippen molar-refractivity contribution in [3.05, 3.63) is 89.1 Å². The molecule has 3 amide bonds. The zero-order chi connectivity index (χ0) is 29.1. The Labute approximate surface area is 238 Å². The molecule has 0 aliphatic carbocycles. The van der Waals surface area contributed by atoms with Gasteiger partial charge in [0.1, 0.15) is 17.3 Å². The Morgan fingerprint density at radius 2 is 1.61 bits per heavy atom. The summed E-state index contributed by atoms with van der Waals surface area (Å²) in [6.07, 6.45) is -3.12. The number of anilines is 2. The normalized spacial score (nSPS) is 14.1. The van der Waals surface area contributed by atoms with E-state index in [9.17, 15) is 22.8 Å². The summed E-state index contributed by atoms with van der Waals surface area (Å²) in [7, 11) is 2.01. The highest BCUT2D eigenvalue weighted by atomic mass is 35.5. The lowest BCUT2D eigenvalue weighted by atomic mass is 10.1. The second-order valence-electron chi connectivity index (χ2n) is 9.57. The van der Waals surface area contributed by atoms with Gasteiger partial charge in [0, 0.05) is 49.7 Å². The van der Waals surface area contributed by atoms with Crippen LogP contribution in [0.1, 0.15) is 15.9 Å². The van der Waals surface area contributed by atoms with Gasteiger partial charge in [-0.1, -0.05) is 23.7 Å². The van der Waals surface area contributed by atoms with Crippen LogP contribution in [0.2, 0.25) is 5.02 Å².